The summed E-state index contributed by atoms with van der Waals surface area (Å²) in [5, 5.41) is 2.52. The smallest absolute Gasteiger partial charge is 0.257 e. The monoisotopic (exact) mass is 207 g/mol. The summed E-state index contributed by atoms with van der Waals surface area (Å²) < 4.78 is 5.41. The van der Waals surface area contributed by atoms with Crippen LogP contribution < -0.4 is 10.1 Å². The molecule has 1 N–H and O–H groups in total. The van der Waals surface area contributed by atoms with Crippen molar-refractivity contribution in [2.24, 2.45) is 0 Å². The van der Waals surface area contributed by atoms with Crippen LogP contribution in [0.15, 0.2) is 12.1 Å². The van der Waals surface area contributed by atoms with Crippen LogP contribution in [0.25, 0.3) is 0 Å². The maximum absolute atomic E-state index is 11.0. The van der Waals surface area contributed by atoms with Crippen LogP contribution in [-0.4, -0.2) is 19.6 Å². The molecular weight excluding hydrogens is 190 g/mol. The van der Waals surface area contributed by atoms with E-state index >= 15 is 0 Å². The lowest BCUT2D eigenvalue weighted by Crippen LogP contribution is -2.25. The van der Waals surface area contributed by atoms with Crippen LogP contribution in [0.2, 0.25) is 0 Å². The van der Waals surface area contributed by atoms with E-state index in [1.54, 1.807) is 7.05 Å². The lowest BCUT2D eigenvalue weighted by atomic mass is 10.0. The second-order valence-corrected chi connectivity index (χ2v) is 3.59. The van der Waals surface area contributed by atoms with Crippen molar-refractivity contribution in [3.05, 3.63) is 28.8 Å². The van der Waals surface area contributed by atoms with Crippen LogP contribution in [0.5, 0.6) is 5.75 Å². The van der Waals surface area contributed by atoms with Gasteiger partial charge in [-0.1, -0.05) is 6.07 Å². The maximum atomic E-state index is 11.0. The predicted molar refractivity (Wildman–Crippen MR) is 60.2 cm³/mol. The zero-order chi connectivity index (χ0) is 11.4. The molecule has 1 amide bonds. The Hall–Kier alpha value is -1.51. The highest BCUT2D eigenvalue weighted by molar-refractivity contribution is 5.77. The first-order valence-corrected chi connectivity index (χ1v) is 4.96. The van der Waals surface area contributed by atoms with Gasteiger partial charge in [0.1, 0.15) is 5.75 Å². The molecule has 1 aromatic rings. The van der Waals surface area contributed by atoms with Crippen molar-refractivity contribution in [1.82, 2.24) is 5.32 Å². The van der Waals surface area contributed by atoms with Gasteiger partial charge in [0.25, 0.3) is 5.91 Å². The molecule has 15 heavy (non-hydrogen) atoms. The van der Waals surface area contributed by atoms with Gasteiger partial charge in [-0.3, -0.25) is 4.79 Å². The van der Waals surface area contributed by atoms with Crippen molar-refractivity contribution in [2.45, 2.75) is 20.8 Å². The van der Waals surface area contributed by atoms with Gasteiger partial charge in [0.05, 0.1) is 0 Å². The Morgan fingerprint density at radius 1 is 1.27 bits per heavy atom. The van der Waals surface area contributed by atoms with E-state index in [-0.39, 0.29) is 12.5 Å². The van der Waals surface area contributed by atoms with Gasteiger partial charge in [-0.25, -0.2) is 0 Å². The summed E-state index contributed by atoms with van der Waals surface area (Å²) in [5.74, 6) is 0.661. The van der Waals surface area contributed by atoms with Gasteiger partial charge in [-0.05, 0) is 43.5 Å². The number of ether oxygens (including phenoxy) is 1. The molecule has 0 heterocycles. The zero-order valence-electron chi connectivity index (χ0n) is 9.68. The van der Waals surface area contributed by atoms with Crippen molar-refractivity contribution in [2.75, 3.05) is 13.7 Å². The normalized spacial score (nSPS) is 9.87. The third-order valence-electron chi connectivity index (χ3n) is 2.65. The van der Waals surface area contributed by atoms with E-state index < -0.39 is 0 Å². The second-order valence-electron chi connectivity index (χ2n) is 3.59. The van der Waals surface area contributed by atoms with Crippen molar-refractivity contribution >= 4 is 5.91 Å². The summed E-state index contributed by atoms with van der Waals surface area (Å²) in [5.41, 5.74) is 3.54. The number of rotatable bonds is 3. The number of carbonyl (C=O) groups is 1. The van der Waals surface area contributed by atoms with E-state index in [1.165, 1.54) is 11.1 Å². The Kier molecular flexibility index (Phi) is 3.72. The summed E-state index contributed by atoms with van der Waals surface area (Å²) in [6.07, 6.45) is 0. The van der Waals surface area contributed by atoms with Crippen molar-refractivity contribution in [3.8, 4) is 5.75 Å². The number of carbonyl (C=O) groups excluding carboxylic acids is 1. The summed E-state index contributed by atoms with van der Waals surface area (Å²) >= 11 is 0. The van der Waals surface area contributed by atoms with Gasteiger partial charge in [0.2, 0.25) is 0 Å². The predicted octanol–water partition coefficient (Wildman–Crippen LogP) is 1.74. The first kappa shape index (κ1) is 11.6. The molecule has 0 saturated carbocycles. The molecule has 82 valence electrons. The molecule has 3 nitrogen and oxygen atoms in total. The molecule has 0 saturated heterocycles. The Balaban J connectivity index is 2.78. The van der Waals surface area contributed by atoms with Gasteiger partial charge < -0.3 is 10.1 Å². The third kappa shape index (κ3) is 2.72. The molecular formula is C12H17NO2. The van der Waals surface area contributed by atoms with Crippen LogP contribution in [0.1, 0.15) is 16.7 Å². The summed E-state index contributed by atoms with van der Waals surface area (Å²) in [7, 11) is 1.60. The van der Waals surface area contributed by atoms with Gasteiger partial charge in [0, 0.05) is 7.05 Å². The SMILES string of the molecule is CNC(=O)COc1ccc(C)c(C)c1C. The fourth-order valence-corrected chi connectivity index (χ4v) is 1.30. The minimum absolute atomic E-state index is 0.0693. The fraction of sp³-hybridized carbons (Fsp3) is 0.417. The van der Waals surface area contributed by atoms with Crippen molar-refractivity contribution in [3.63, 3.8) is 0 Å². The molecule has 0 unspecified atom stereocenters. The molecule has 1 rings (SSSR count). The number of hydrogen-bond donors (Lipinski definition) is 1. The molecule has 0 atom stereocenters. The van der Waals surface area contributed by atoms with E-state index in [2.05, 4.69) is 19.2 Å². The Labute approximate surface area is 90.4 Å². The number of nitrogens with one attached hydrogen (secondary N) is 1. The second kappa shape index (κ2) is 4.82. The number of aryl methyl sites for hydroxylation is 1. The number of hydrogen-bond acceptors (Lipinski definition) is 2. The average molecular weight is 207 g/mol. The molecule has 0 spiro atoms. The molecule has 0 radical (unpaired) electrons. The minimum Gasteiger partial charge on any atom is -0.483 e. The first-order chi connectivity index (χ1) is 7.06. The minimum atomic E-state index is -0.118. The fourth-order valence-electron chi connectivity index (χ4n) is 1.30. The highest BCUT2D eigenvalue weighted by Gasteiger charge is 2.06. The van der Waals surface area contributed by atoms with E-state index in [0.717, 1.165) is 11.3 Å². The Morgan fingerprint density at radius 2 is 1.93 bits per heavy atom. The van der Waals surface area contributed by atoms with Crippen LogP contribution in [0.3, 0.4) is 0 Å². The van der Waals surface area contributed by atoms with E-state index in [9.17, 15) is 4.79 Å². The molecule has 0 aliphatic carbocycles. The van der Waals surface area contributed by atoms with Crippen LogP contribution >= 0.6 is 0 Å². The van der Waals surface area contributed by atoms with Gasteiger partial charge >= 0.3 is 0 Å². The number of benzene rings is 1. The average Bonchev–Trinajstić information content (AvgIpc) is 2.24. The quantitative estimate of drug-likeness (QED) is 0.819. The van der Waals surface area contributed by atoms with Crippen LogP contribution in [0, 0.1) is 20.8 Å². The molecule has 0 aromatic heterocycles. The van der Waals surface area contributed by atoms with Crippen LogP contribution in [0.4, 0.5) is 0 Å². The highest BCUT2D eigenvalue weighted by Crippen LogP contribution is 2.23. The zero-order valence-corrected chi connectivity index (χ0v) is 9.68. The summed E-state index contributed by atoms with van der Waals surface area (Å²) in [4.78, 5) is 11.0. The maximum Gasteiger partial charge on any atom is 0.257 e. The van der Waals surface area contributed by atoms with E-state index in [1.807, 2.05) is 19.1 Å². The Morgan fingerprint density at radius 3 is 2.53 bits per heavy atom. The first-order valence-electron chi connectivity index (χ1n) is 4.96. The standard InChI is InChI=1S/C12H17NO2/c1-8-5-6-11(10(3)9(8)2)15-7-12(14)13-4/h5-6H,7H2,1-4H3,(H,13,14). The molecule has 3 heteroatoms. The molecule has 0 fully saturated rings. The topological polar surface area (TPSA) is 38.3 Å². The summed E-state index contributed by atoms with van der Waals surface area (Å²) in [6.45, 7) is 6.18. The lowest BCUT2D eigenvalue weighted by Gasteiger charge is -2.11. The Bertz CT molecular complexity index is 372. The molecule has 0 aliphatic rings. The van der Waals surface area contributed by atoms with Crippen LogP contribution in [-0.2, 0) is 4.79 Å². The highest BCUT2D eigenvalue weighted by atomic mass is 16.5. The summed E-state index contributed by atoms with van der Waals surface area (Å²) in [6, 6.07) is 3.90. The largest absolute Gasteiger partial charge is 0.483 e. The van der Waals surface area contributed by atoms with Gasteiger partial charge in [-0.2, -0.15) is 0 Å². The van der Waals surface area contributed by atoms with E-state index in [0.29, 0.717) is 0 Å². The number of amides is 1. The van der Waals surface area contributed by atoms with Gasteiger partial charge in [0.15, 0.2) is 6.61 Å². The van der Waals surface area contributed by atoms with Gasteiger partial charge in [-0.15, -0.1) is 0 Å². The third-order valence-corrected chi connectivity index (χ3v) is 2.65. The number of likely N-dealkylation sites (N-methyl/N-ethyl adjacent to an activating group) is 1. The van der Waals surface area contributed by atoms with Crippen molar-refractivity contribution < 1.29 is 9.53 Å². The van der Waals surface area contributed by atoms with Crippen molar-refractivity contribution in [1.29, 1.82) is 0 Å². The lowest BCUT2D eigenvalue weighted by molar-refractivity contribution is -0.122. The molecule has 0 aliphatic heterocycles. The molecule has 0 bridgehead atoms. The van der Waals surface area contributed by atoms with E-state index in [4.69, 9.17) is 4.74 Å². The molecule has 1 aromatic carbocycles.